The second kappa shape index (κ2) is 5.48. The number of benzene rings is 1. The Morgan fingerprint density at radius 2 is 2.06 bits per heavy atom. The van der Waals surface area contributed by atoms with E-state index in [0.29, 0.717) is 9.80 Å². The summed E-state index contributed by atoms with van der Waals surface area (Å²) in [6, 6.07) is 4.71. The van der Waals surface area contributed by atoms with Crippen LogP contribution in [0, 0.1) is 5.82 Å². The largest absolute Gasteiger partial charge is 0.336 e. The average Bonchev–Trinajstić information content (AvgIpc) is 2.30. The van der Waals surface area contributed by atoms with E-state index in [2.05, 4.69) is 31.9 Å². The van der Waals surface area contributed by atoms with E-state index < -0.39 is 5.82 Å². The number of rotatable bonds is 3. The van der Waals surface area contributed by atoms with Crippen LogP contribution in [-0.4, -0.2) is 28.7 Å². The van der Waals surface area contributed by atoms with Crippen molar-refractivity contribution < 1.29 is 9.18 Å². The summed E-state index contributed by atoms with van der Waals surface area (Å²) in [7, 11) is 1.67. The number of halogens is 3. The highest BCUT2D eigenvalue weighted by molar-refractivity contribution is 9.10. The molecule has 5 heteroatoms. The maximum Gasteiger partial charge on any atom is 0.257 e. The van der Waals surface area contributed by atoms with E-state index in [1.807, 2.05) is 13.8 Å². The number of hydrogen-bond donors (Lipinski definition) is 0. The van der Waals surface area contributed by atoms with Crippen molar-refractivity contribution in [1.29, 1.82) is 0 Å². The zero-order chi connectivity index (χ0) is 13.2. The van der Waals surface area contributed by atoms with Crippen LogP contribution in [0.25, 0.3) is 0 Å². The van der Waals surface area contributed by atoms with Gasteiger partial charge in [-0.25, -0.2) is 4.39 Å². The molecule has 0 saturated heterocycles. The van der Waals surface area contributed by atoms with Gasteiger partial charge in [-0.05, 0) is 41.9 Å². The SMILES string of the molecule is CN(C(=O)c1cccc(Br)c1F)C(C)(C)CBr. The van der Waals surface area contributed by atoms with Crippen LogP contribution in [0.5, 0.6) is 0 Å². The van der Waals surface area contributed by atoms with E-state index in [1.54, 1.807) is 19.2 Å². The molecule has 0 radical (unpaired) electrons. The van der Waals surface area contributed by atoms with Crippen LogP contribution in [-0.2, 0) is 0 Å². The molecule has 0 aliphatic carbocycles. The number of carbonyl (C=O) groups excluding carboxylic acids is 1. The molecule has 1 aromatic carbocycles. The lowest BCUT2D eigenvalue weighted by molar-refractivity contribution is 0.0658. The lowest BCUT2D eigenvalue weighted by Gasteiger charge is -2.34. The van der Waals surface area contributed by atoms with Crippen LogP contribution in [0.3, 0.4) is 0 Å². The lowest BCUT2D eigenvalue weighted by Crippen LogP contribution is -2.46. The molecule has 0 spiro atoms. The lowest BCUT2D eigenvalue weighted by atomic mass is 10.0. The van der Waals surface area contributed by atoms with Crippen LogP contribution in [0.4, 0.5) is 4.39 Å². The van der Waals surface area contributed by atoms with Gasteiger partial charge < -0.3 is 4.90 Å². The summed E-state index contributed by atoms with van der Waals surface area (Å²) in [5.74, 6) is -0.844. The molecule has 0 unspecified atom stereocenters. The molecule has 0 bridgehead atoms. The fourth-order valence-corrected chi connectivity index (χ4v) is 1.96. The number of alkyl halides is 1. The minimum absolute atomic E-state index is 0.0795. The molecule has 17 heavy (non-hydrogen) atoms. The fourth-order valence-electron chi connectivity index (χ4n) is 1.21. The van der Waals surface area contributed by atoms with Gasteiger partial charge in [-0.3, -0.25) is 4.79 Å². The first-order valence-electron chi connectivity index (χ1n) is 5.09. The molecule has 0 N–H and O–H groups in total. The smallest absolute Gasteiger partial charge is 0.257 e. The number of carbonyl (C=O) groups is 1. The Morgan fingerprint density at radius 1 is 1.47 bits per heavy atom. The number of amides is 1. The summed E-state index contributed by atoms with van der Waals surface area (Å²) in [6.07, 6.45) is 0. The minimum Gasteiger partial charge on any atom is -0.336 e. The van der Waals surface area contributed by atoms with Crippen molar-refractivity contribution >= 4 is 37.8 Å². The van der Waals surface area contributed by atoms with E-state index >= 15 is 0 Å². The third-order valence-electron chi connectivity index (χ3n) is 2.72. The third kappa shape index (κ3) is 3.07. The second-order valence-electron chi connectivity index (χ2n) is 4.41. The van der Waals surface area contributed by atoms with Gasteiger partial charge in [-0.1, -0.05) is 22.0 Å². The van der Waals surface area contributed by atoms with Crippen LogP contribution in [0.2, 0.25) is 0 Å². The van der Waals surface area contributed by atoms with E-state index in [4.69, 9.17) is 0 Å². The quantitative estimate of drug-likeness (QED) is 0.744. The van der Waals surface area contributed by atoms with Crippen LogP contribution in [0.15, 0.2) is 22.7 Å². The molecule has 2 nitrogen and oxygen atoms in total. The van der Waals surface area contributed by atoms with Crippen molar-refractivity contribution in [3.05, 3.63) is 34.1 Å². The second-order valence-corrected chi connectivity index (χ2v) is 5.83. The van der Waals surface area contributed by atoms with Crippen LogP contribution >= 0.6 is 31.9 Å². The highest BCUT2D eigenvalue weighted by Gasteiger charge is 2.28. The Labute approximate surface area is 117 Å². The summed E-state index contributed by atoms with van der Waals surface area (Å²) in [5.41, 5.74) is -0.290. The van der Waals surface area contributed by atoms with Crippen molar-refractivity contribution in [2.75, 3.05) is 12.4 Å². The molecular weight excluding hydrogens is 353 g/mol. The average molecular weight is 367 g/mol. The van der Waals surface area contributed by atoms with Crippen molar-refractivity contribution in [2.45, 2.75) is 19.4 Å². The normalized spacial score (nSPS) is 11.4. The Kier molecular flexibility index (Phi) is 4.72. The van der Waals surface area contributed by atoms with Crippen LogP contribution < -0.4 is 0 Å². The van der Waals surface area contributed by atoms with Gasteiger partial charge in [0.15, 0.2) is 0 Å². The van der Waals surface area contributed by atoms with E-state index in [9.17, 15) is 9.18 Å². The summed E-state index contributed by atoms with van der Waals surface area (Å²) >= 11 is 6.42. The topological polar surface area (TPSA) is 20.3 Å². The van der Waals surface area contributed by atoms with Crippen molar-refractivity contribution in [1.82, 2.24) is 4.90 Å². The monoisotopic (exact) mass is 365 g/mol. The Hall–Kier alpha value is -0.420. The standard InChI is InChI=1S/C12H14Br2FNO/c1-12(2,7-13)16(3)11(17)8-5-4-6-9(14)10(8)15/h4-6H,7H2,1-3H3. The molecule has 94 valence electrons. The first-order chi connectivity index (χ1) is 7.81. The van der Waals surface area contributed by atoms with Crippen LogP contribution in [0.1, 0.15) is 24.2 Å². The highest BCUT2D eigenvalue weighted by atomic mass is 79.9. The molecule has 0 aromatic heterocycles. The van der Waals surface area contributed by atoms with Gasteiger partial charge in [0.1, 0.15) is 5.82 Å². The fraction of sp³-hybridized carbons (Fsp3) is 0.417. The molecule has 0 fully saturated rings. The third-order valence-corrected chi connectivity index (χ3v) is 4.71. The van der Waals surface area contributed by atoms with Crippen molar-refractivity contribution in [2.24, 2.45) is 0 Å². The van der Waals surface area contributed by atoms with Crippen molar-refractivity contribution in [3.8, 4) is 0 Å². The Balaban J connectivity index is 3.09. The molecule has 0 aliphatic rings. The van der Waals surface area contributed by atoms with Gasteiger partial charge in [0, 0.05) is 17.9 Å². The summed E-state index contributed by atoms with van der Waals surface area (Å²) in [6.45, 7) is 3.82. The Bertz CT molecular complexity index is 435. The van der Waals surface area contributed by atoms with E-state index in [1.165, 1.54) is 11.0 Å². The highest BCUT2D eigenvalue weighted by Crippen LogP contribution is 2.23. The predicted molar refractivity (Wildman–Crippen MR) is 74.1 cm³/mol. The first kappa shape index (κ1) is 14.6. The minimum atomic E-state index is -0.519. The van der Waals surface area contributed by atoms with E-state index in [0.717, 1.165) is 0 Å². The molecule has 1 amide bonds. The summed E-state index contributed by atoms with van der Waals surface area (Å²) in [4.78, 5) is 13.7. The van der Waals surface area contributed by atoms with Gasteiger partial charge in [-0.2, -0.15) is 0 Å². The van der Waals surface area contributed by atoms with Gasteiger partial charge in [0.05, 0.1) is 10.0 Å². The maximum atomic E-state index is 13.8. The molecule has 0 heterocycles. The molecular formula is C12H14Br2FNO. The molecule has 0 saturated carbocycles. The molecule has 1 rings (SSSR count). The number of nitrogens with zero attached hydrogens (tertiary/aromatic N) is 1. The molecule has 0 atom stereocenters. The first-order valence-corrected chi connectivity index (χ1v) is 7.01. The van der Waals surface area contributed by atoms with E-state index in [-0.39, 0.29) is 17.0 Å². The number of hydrogen-bond acceptors (Lipinski definition) is 1. The van der Waals surface area contributed by atoms with Gasteiger partial charge in [0.2, 0.25) is 0 Å². The Morgan fingerprint density at radius 3 is 2.59 bits per heavy atom. The summed E-state index contributed by atoms with van der Waals surface area (Å²) < 4.78 is 14.1. The zero-order valence-corrected chi connectivity index (χ0v) is 13.1. The molecule has 1 aromatic rings. The van der Waals surface area contributed by atoms with Gasteiger partial charge >= 0.3 is 0 Å². The van der Waals surface area contributed by atoms with Crippen molar-refractivity contribution in [3.63, 3.8) is 0 Å². The zero-order valence-electron chi connectivity index (χ0n) is 9.93. The predicted octanol–water partition coefficient (Wildman–Crippen LogP) is 3.83. The molecule has 0 aliphatic heterocycles. The maximum absolute atomic E-state index is 13.8. The summed E-state index contributed by atoms with van der Waals surface area (Å²) in [5, 5.41) is 0.623. The van der Waals surface area contributed by atoms with Gasteiger partial charge in [-0.15, -0.1) is 0 Å². The van der Waals surface area contributed by atoms with Gasteiger partial charge in [0.25, 0.3) is 5.91 Å².